The average molecular weight is 539 g/mol. The molecule has 5 aromatic rings. The second kappa shape index (κ2) is 9.11. The van der Waals surface area contributed by atoms with Crippen molar-refractivity contribution in [2.45, 2.75) is 38.8 Å². The van der Waals surface area contributed by atoms with Crippen LogP contribution in [-0.4, -0.2) is 20.7 Å². The number of rotatable bonds is 4. The molecule has 1 N–H and O–H groups in total. The van der Waals surface area contributed by atoms with Crippen molar-refractivity contribution in [3.63, 3.8) is 0 Å². The fourth-order valence-corrected chi connectivity index (χ4v) is 6.46. The molecular weight excluding hydrogens is 517 g/mol. The fraction of sp³-hybridized carbons (Fsp3) is 0.222. The van der Waals surface area contributed by atoms with E-state index in [1.165, 1.54) is 57.4 Å². The maximum absolute atomic E-state index is 13.2. The molecule has 0 saturated heterocycles. The van der Waals surface area contributed by atoms with Gasteiger partial charge in [0.2, 0.25) is 0 Å². The van der Waals surface area contributed by atoms with Gasteiger partial charge in [-0.2, -0.15) is 18.3 Å². The van der Waals surface area contributed by atoms with Crippen molar-refractivity contribution in [3.05, 3.63) is 81.2 Å². The highest BCUT2D eigenvalue weighted by Crippen LogP contribution is 2.35. The molecule has 5 nitrogen and oxygen atoms in total. The van der Waals surface area contributed by atoms with Crippen LogP contribution in [0.4, 0.5) is 18.3 Å². The normalized spacial score (nSPS) is 13.6. The van der Waals surface area contributed by atoms with Crippen LogP contribution in [0.3, 0.4) is 0 Å². The second-order valence-electron chi connectivity index (χ2n) is 9.06. The Balaban J connectivity index is 1.25. The number of thiazole rings is 1. The summed E-state index contributed by atoms with van der Waals surface area (Å²) in [5.74, 6) is -0.317. The number of nitrogens with one attached hydrogen (secondary N) is 1. The zero-order valence-corrected chi connectivity index (χ0v) is 21.4. The number of nitrogens with zero attached hydrogens (tertiary/aromatic N) is 3. The van der Waals surface area contributed by atoms with Crippen LogP contribution in [0.2, 0.25) is 0 Å². The number of benzene rings is 2. The average Bonchev–Trinajstić information content (AvgIpc) is 3.60. The summed E-state index contributed by atoms with van der Waals surface area (Å²) in [6.45, 7) is 1.77. The van der Waals surface area contributed by atoms with E-state index < -0.39 is 11.7 Å². The molecule has 0 spiro atoms. The Hall–Kier alpha value is -3.50. The van der Waals surface area contributed by atoms with Crippen molar-refractivity contribution >= 4 is 43.9 Å². The number of aryl methyl sites for hydroxylation is 3. The first-order chi connectivity index (χ1) is 17.8. The molecule has 2 aromatic carbocycles. The van der Waals surface area contributed by atoms with Gasteiger partial charge in [0.05, 0.1) is 27.5 Å². The molecule has 0 radical (unpaired) electrons. The molecule has 0 aliphatic heterocycles. The number of carbonyl (C=O) groups is 1. The Morgan fingerprint density at radius 3 is 2.68 bits per heavy atom. The first-order valence-electron chi connectivity index (χ1n) is 11.8. The van der Waals surface area contributed by atoms with Crippen LogP contribution < -0.4 is 5.32 Å². The molecule has 1 aliphatic rings. The summed E-state index contributed by atoms with van der Waals surface area (Å²) in [5, 5.41) is 10.4. The number of aromatic nitrogens is 3. The van der Waals surface area contributed by atoms with Crippen molar-refractivity contribution in [2.24, 2.45) is 0 Å². The van der Waals surface area contributed by atoms with Crippen molar-refractivity contribution in [1.29, 1.82) is 0 Å². The van der Waals surface area contributed by atoms with Gasteiger partial charge in [0.1, 0.15) is 4.83 Å². The molecule has 3 aromatic heterocycles. The van der Waals surface area contributed by atoms with Gasteiger partial charge in [-0.15, -0.1) is 22.7 Å². The lowest BCUT2D eigenvalue weighted by atomic mass is 9.90. The number of anilines is 1. The van der Waals surface area contributed by atoms with Gasteiger partial charge in [0.25, 0.3) is 5.91 Å². The van der Waals surface area contributed by atoms with Gasteiger partial charge in [-0.3, -0.25) is 10.1 Å². The minimum absolute atomic E-state index is 0.288. The minimum atomic E-state index is -4.45. The van der Waals surface area contributed by atoms with Crippen LogP contribution in [-0.2, 0) is 19.0 Å². The molecule has 1 aliphatic carbocycles. The molecule has 10 heteroatoms. The largest absolute Gasteiger partial charge is 0.416 e. The summed E-state index contributed by atoms with van der Waals surface area (Å²) < 4.78 is 41.1. The standard InChI is InChI=1S/C27H21F3N4OS2/c1-15-21-13-23(37-25(21)34(33-15)20-8-4-7-19(12-20)27(28,29)30)24(35)32-26-31-22(14-36-26)18-10-9-16-5-2-3-6-17(16)11-18/h4,7-14H,2-3,5-6H2,1H3,(H,31,32,35). The predicted molar refractivity (Wildman–Crippen MR) is 141 cm³/mol. The van der Waals surface area contributed by atoms with Crippen molar-refractivity contribution in [2.75, 3.05) is 5.32 Å². The van der Waals surface area contributed by atoms with E-state index in [2.05, 4.69) is 33.6 Å². The Bertz CT molecular complexity index is 1650. The van der Waals surface area contributed by atoms with Crippen molar-refractivity contribution in [1.82, 2.24) is 14.8 Å². The summed E-state index contributed by atoms with van der Waals surface area (Å²) in [7, 11) is 0. The number of amides is 1. The molecule has 188 valence electrons. The van der Waals surface area contributed by atoms with E-state index in [0.29, 0.717) is 20.5 Å². The fourth-order valence-electron chi connectivity index (χ4n) is 4.66. The van der Waals surface area contributed by atoms with Crippen LogP contribution in [0.15, 0.2) is 53.9 Å². The summed E-state index contributed by atoms with van der Waals surface area (Å²) in [4.78, 5) is 18.7. The van der Waals surface area contributed by atoms with Gasteiger partial charge in [-0.25, -0.2) is 9.67 Å². The third-order valence-corrected chi connectivity index (χ3v) is 8.42. The lowest BCUT2D eigenvalue weighted by Gasteiger charge is -2.16. The quantitative estimate of drug-likeness (QED) is 0.255. The molecule has 0 atom stereocenters. The molecule has 3 heterocycles. The van der Waals surface area contributed by atoms with Gasteiger partial charge in [-0.05, 0) is 74.1 Å². The third kappa shape index (κ3) is 4.55. The van der Waals surface area contributed by atoms with E-state index in [1.807, 2.05) is 5.38 Å². The topological polar surface area (TPSA) is 59.8 Å². The summed E-state index contributed by atoms with van der Waals surface area (Å²) in [6, 6.07) is 13.2. The smallest absolute Gasteiger partial charge is 0.297 e. The summed E-state index contributed by atoms with van der Waals surface area (Å²) in [5.41, 5.74) is 4.81. The van der Waals surface area contributed by atoms with E-state index in [1.54, 1.807) is 19.1 Å². The number of halogens is 3. The van der Waals surface area contributed by atoms with Gasteiger partial charge in [0.15, 0.2) is 5.13 Å². The first kappa shape index (κ1) is 23.9. The zero-order chi connectivity index (χ0) is 25.7. The Morgan fingerprint density at radius 2 is 1.86 bits per heavy atom. The monoisotopic (exact) mass is 538 g/mol. The molecule has 0 fully saturated rings. The van der Waals surface area contributed by atoms with E-state index in [4.69, 9.17) is 0 Å². The SMILES string of the molecule is Cc1nn(-c2cccc(C(F)(F)F)c2)c2sc(C(=O)Nc3nc(-c4ccc5c(c4)CCCC5)cs3)cc12. The zero-order valence-electron chi connectivity index (χ0n) is 19.7. The summed E-state index contributed by atoms with van der Waals surface area (Å²) in [6.07, 6.45) is 0.182. The molecule has 6 rings (SSSR count). The Labute approximate surface area is 218 Å². The lowest BCUT2D eigenvalue weighted by molar-refractivity contribution is -0.137. The van der Waals surface area contributed by atoms with Gasteiger partial charge in [0, 0.05) is 16.3 Å². The number of alkyl halides is 3. The molecule has 37 heavy (non-hydrogen) atoms. The number of thiophene rings is 1. The van der Waals surface area contributed by atoms with E-state index >= 15 is 0 Å². The van der Waals surface area contributed by atoms with E-state index in [9.17, 15) is 18.0 Å². The van der Waals surface area contributed by atoms with E-state index in [-0.39, 0.29) is 11.6 Å². The van der Waals surface area contributed by atoms with E-state index in [0.717, 1.165) is 41.6 Å². The van der Waals surface area contributed by atoms with Crippen LogP contribution >= 0.6 is 22.7 Å². The molecule has 0 saturated carbocycles. The van der Waals surface area contributed by atoms with Crippen molar-refractivity contribution in [3.8, 4) is 16.9 Å². The van der Waals surface area contributed by atoms with Gasteiger partial charge >= 0.3 is 6.18 Å². The Morgan fingerprint density at radius 1 is 1.05 bits per heavy atom. The first-order valence-corrected chi connectivity index (χ1v) is 13.5. The number of carbonyl (C=O) groups excluding carboxylic acids is 1. The minimum Gasteiger partial charge on any atom is -0.297 e. The lowest BCUT2D eigenvalue weighted by Crippen LogP contribution is -2.10. The highest BCUT2D eigenvalue weighted by atomic mass is 32.1. The van der Waals surface area contributed by atoms with Crippen LogP contribution in [0.25, 0.3) is 27.2 Å². The molecule has 1 amide bonds. The van der Waals surface area contributed by atoms with Crippen LogP contribution in [0.5, 0.6) is 0 Å². The van der Waals surface area contributed by atoms with Crippen molar-refractivity contribution < 1.29 is 18.0 Å². The maximum atomic E-state index is 13.2. The third-order valence-electron chi connectivity index (χ3n) is 6.56. The predicted octanol–water partition coefficient (Wildman–Crippen LogP) is 7.67. The molecule has 0 bridgehead atoms. The molecule has 0 unspecified atom stereocenters. The maximum Gasteiger partial charge on any atom is 0.416 e. The summed E-state index contributed by atoms with van der Waals surface area (Å²) >= 11 is 2.54. The van der Waals surface area contributed by atoms with Crippen LogP contribution in [0, 0.1) is 6.92 Å². The van der Waals surface area contributed by atoms with Crippen LogP contribution in [0.1, 0.15) is 44.9 Å². The number of fused-ring (bicyclic) bond motifs is 2. The second-order valence-corrected chi connectivity index (χ2v) is 10.9. The molecular formula is C27H21F3N4OS2. The Kier molecular flexibility index (Phi) is 5.88. The van der Waals surface area contributed by atoms with Gasteiger partial charge < -0.3 is 0 Å². The van der Waals surface area contributed by atoms with Gasteiger partial charge in [-0.1, -0.05) is 18.2 Å². The highest BCUT2D eigenvalue weighted by molar-refractivity contribution is 7.20. The number of hydrogen-bond donors (Lipinski definition) is 1. The highest BCUT2D eigenvalue weighted by Gasteiger charge is 2.31. The number of hydrogen-bond acceptors (Lipinski definition) is 5.